The maximum atomic E-state index is 13.0. The fourth-order valence-electron chi connectivity index (χ4n) is 7.71. The Bertz CT molecular complexity index is 1200. The number of ether oxygens (including phenoxy) is 6. The Hall–Kier alpha value is -1.47. The molecule has 0 spiro atoms. The van der Waals surface area contributed by atoms with E-state index < -0.39 is 124 Å². The number of nitrogens with one attached hydrogen (secondary N) is 1. The first-order valence-corrected chi connectivity index (χ1v) is 22.4. The maximum absolute atomic E-state index is 13.0. The van der Waals surface area contributed by atoms with Crippen molar-refractivity contribution in [2.45, 2.75) is 221 Å². The van der Waals surface area contributed by atoms with E-state index in [4.69, 9.17) is 28.4 Å². The SMILES string of the molecule is CCCCCC/C=C\CCCCCCCC(=O)NC(COC1OC(CO)C(OC2OC(CO)C(OC3OC(CO)C(O)C(O)C3O)C(O)C2O)C(O)C1O)C(O)CCCCC. The van der Waals surface area contributed by atoms with Crippen LogP contribution in [0.1, 0.15) is 117 Å². The molecular weight excluding hydrogens is 806 g/mol. The number of unbranched alkanes of at least 4 members (excludes halogenated alkanes) is 11. The molecule has 3 aliphatic rings. The lowest BCUT2D eigenvalue weighted by atomic mass is 9.96. The van der Waals surface area contributed by atoms with Gasteiger partial charge in [-0.15, -0.1) is 0 Å². The van der Waals surface area contributed by atoms with Crippen molar-refractivity contribution in [3.05, 3.63) is 12.2 Å². The molecule has 0 aromatic carbocycles. The summed E-state index contributed by atoms with van der Waals surface area (Å²) in [7, 11) is 0. The van der Waals surface area contributed by atoms with Gasteiger partial charge in [-0.25, -0.2) is 0 Å². The highest BCUT2D eigenvalue weighted by Crippen LogP contribution is 2.33. The highest BCUT2D eigenvalue weighted by atomic mass is 16.8. The Balaban J connectivity index is 1.53. The molecule has 61 heavy (non-hydrogen) atoms. The van der Waals surface area contributed by atoms with Crippen LogP contribution in [0.15, 0.2) is 12.2 Å². The van der Waals surface area contributed by atoms with Crippen molar-refractivity contribution in [3.8, 4) is 0 Å². The first kappa shape index (κ1) is 53.9. The number of amides is 1. The summed E-state index contributed by atoms with van der Waals surface area (Å²) in [6.07, 6.45) is -6.86. The third-order valence-corrected chi connectivity index (χ3v) is 11.6. The molecule has 12 N–H and O–H groups in total. The highest BCUT2D eigenvalue weighted by Gasteiger charge is 2.53. The smallest absolute Gasteiger partial charge is 0.220 e. The molecule has 3 rings (SSSR count). The van der Waals surface area contributed by atoms with Gasteiger partial charge in [-0.05, 0) is 38.5 Å². The molecule has 3 fully saturated rings. The van der Waals surface area contributed by atoms with Crippen molar-refractivity contribution in [2.75, 3.05) is 26.4 Å². The molecule has 358 valence electrons. The van der Waals surface area contributed by atoms with Crippen LogP contribution in [0.25, 0.3) is 0 Å². The van der Waals surface area contributed by atoms with Crippen molar-refractivity contribution < 1.29 is 89.4 Å². The normalized spacial score (nSPS) is 35.7. The van der Waals surface area contributed by atoms with E-state index in [0.29, 0.717) is 19.3 Å². The summed E-state index contributed by atoms with van der Waals surface area (Å²) in [6.45, 7) is 1.52. The summed E-state index contributed by atoms with van der Waals surface area (Å²) in [6, 6.07) is -0.881. The minimum atomic E-state index is -1.97. The van der Waals surface area contributed by atoms with Crippen molar-refractivity contribution in [2.24, 2.45) is 0 Å². The minimum absolute atomic E-state index is 0.254. The van der Waals surface area contributed by atoms with Crippen LogP contribution in [0, 0.1) is 0 Å². The largest absolute Gasteiger partial charge is 0.394 e. The topological polar surface area (TPSA) is 307 Å². The Morgan fingerprint density at radius 3 is 1.59 bits per heavy atom. The fraction of sp³-hybridized carbons (Fsp3) is 0.929. The lowest BCUT2D eigenvalue weighted by Crippen LogP contribution is -2.66. The van der Waals surface area contributed by atoms with Crippen molar-refractivity contribution in [1.82, 2.24) is 5.32 Å². The van der Waals surface area contributed by atoms with Gasteiger partial charge in [0.1, 0.15) is 73.2 Å². The van der Waals surface area contributed by atoms with Gasteiger partial charge < -0.3 is 89.9 Å². The predicted molar refractivity (Wildman–Crippen MR) is 217 cm³/mol. The van der Waals surface area contributed by atoms with E-state index in [2.05, 4.69) is 24.4 Å². The number of rotatable bonds is 29. The Morgan fingerprint density at radius 1 is 0.574 bits per heavy atom. The van der Waals surface area contributed by atoms with Gasteiger partial charge >= 0.3 is 0 Å². The third kappa shape index (κ3) is 16.8. The van der Waals surface area contributed by atoms with E-state index in [-0.39, 0.29) is 18.9 Å². The standard InChI is InChI=1S/C42H77NO18/c1-3-5-7-8-9-10-11-12-13-14-15-16-18-20-30(48)43-25(26(47)19-17-6-4-2)24-56-40-36(54)33(51)38(28(22-45)58-40)61-42-37(55)34(52)39(29(23-46)59-42)60-41-35(53)32(50)31(49)27(21-44)57-41/h10-11,25-29,31-42,44-47,49-55H,3-9,12-24H2,1-2H3,(H,43,48)/b11-10-. The second-order valence-corrected chi connectivity index (χ2v) is 16.5. The third-order valence-electron chi connectivity index (χ3n) is 11.6. The van der Waals surface area contributed by atoms with Crippen molar-refractivity contribution in [1.29, 1.82) is 0 Å². The summed E-state index contributed by atoms with van der Waals surface area (Å²) in [5.41, 5.74) is 0. The predicted octanol–water partition coefficient (Wildman–Crippen LogP) is -0.865. The van der Waals surface area contributed by atoms with Gasteiger partial charge in [0, 0.05) is 6.42 Å². The molecular formula is C42H77NO18. The second-order valence-electron chi connectivity index (χ2n) is 16.5. The van der Waals surface area contributed by atoms with Gasteiger partial charge in [-0.2, -0.15) is 0 Å². The average molecular weight is 884 g/mol. The lowest BCUT2D eigenvalue weighted by Gasteiger charge is -2.48. The van der Waals surface area contributed by atoms with Crippen LogP contribution >= 0.6 is 0 Å². The van der Waals surface area contributed by atoms with Crippen LogP contribution in [0.2, 0.25) is 0 Å². The molecule has 0 aromatic heterocycles. The summed E-state index contributed by atoms with van der Waals surface area (Å²) in [5, 5.41) is 119. The van der Waals surface area contributed by atoms with Gasteiger partial charge in [0.2, 0.25) is 5.91 Å². The monoisotopic (exact) mass is 884 g/mol. The molecule has 3 saturated heterocycles. The zero-order valence-electron chi connectivity index (χ0n) is 35.9. The van der Waals surface area contributed by atoms with Crippen LogP contribution in [-0.4, -0.2) is 193 Å². The van der Waals surface area contributed by atoms with Crippen molar-refractivity contribution >= 4 is 5.91 Å². The Kier molecular flexibility index (Phi) is 25.7. The number of allylic oxidation sites excluding steroid dienone is 2. The van der Waals surface area contributed by atoms with E-state index in [0.717, 1.165) is 51.4 Å². The number of aliphatic hydroxyl groups excluding tert-OH is 11. The van der Waals surface area contributed by atoms with Crippen LogP contribution < -0.4 is 5.32 Å². The number of carbonyl (C=O) groups excluding carboxylic acids is 1. The first-order valence-electron chi connectivity index (χ1n) is 22.4. The van der Waals surface area contributed by atoms with E-state index >= 15 is 0 Å². The maximum Gasteiger partial charge on any atom is 0.220 e. The number of aliphatic hydroxyl groups is 11. The summed E-state index contributed by atoms with van der Waals surface area (Å²) in [5.74, 6) is -0.267. The van der Waals surface area contributed by atoms with E-state index in [1.54, 1.807) is 0 Å². The molecule has 1 amide bonds. The summed E-state index contributed by atoms with van der Waals surface area (Å²) < 4.78 is 33.8. The summed E-state index contributed by atoms with van der Waals surface area (Å²) in [4.78, 5) is 13.0. The summed E-state index contributed by atoms with van der Waals surface area (Å²) >= 11 is 0. The molecule has 19 nitrogen and oxygen atoms in total. The van der Waals surface area contributed by atoms with Crippen LogP contribution in [0.5, 0.6) is 0 Å². The zero-order valence-corrected chi connectivity index (χ0v) is 35.9. The van der Waals surface area contributed by atoms with E-state index in [9.17, 15) is 61.0 Å². The molecule has 0 bridgehead atoms. The number of hydrogen-bond donors (Lipinski definition) is 12. The van der Waals surface area contributed by atoms with E-state index in [1.165, 1.54) is 25.7 Å². The minimum Gasteiger partial charge on any atom is -0.394 e. The van der Waals surface area contributed by atoms with Gasteiger partial charge in [0.15, 0.2) is 18.9 Å². The molecule has 17 atom stereocenters. The second kappa shape index (κ2) is 29.1. The highest BCUT2D eigenvalue weighted by molar-refractivity contribution is 5.76. The lowest BCUT2D eigenvalue weighted by molar-refractivity contribution is -0.379. The molecule has 3 heterocycles. The molecule has 0 radical (unpaired) electrons. The molecule has 0 saturated carbocycles. The number of hydrogen-bond acceptors (Lipinski definition) is 18. The fourth-order valence-corrected chi connectivity index (χ4v) is 7.71. The van der Waals surface area contributed by atoms with Crippen LogP contribution in [0.4, 0.5) is 0 Å². The van der Waals surface area contributed by atoms with Gasteiger partial charge in [0.25, 0.3) is 0 Å². The molecule has 0 aliphatic carbocycles. The average Bonchev–Trinajstić information content (AvgIpc) is 3.25. The molecule has 19 heteroatoms. The van der Waals surface area contributed by atoms with Crippen molar-refractivity contribution in [3.63, 3.8) is 0 Å². The van der Waals surface area contributed by atoms with Gasteiger partial charge in [0.05, 0.1) is 38.6 Å². The quantitative estimate of drug-likeness (QED) is 0.0321. The Morgan fingerprint density at radius 2 is 1.03 bits per heavy atom. The number of carbonyl (C=O) groups is 1. The zero-order chi connectivity index (χ0) is 44.9. The first-order chi connectivity index (χ1) is 29.3. The van der Waals surface area contributed by atoms with Crippen LogP contribution in [-0.2, 0) is 33.2 Å². The van der Waals surface area contributed by atoms with Crippen LogP contribution in [0.3, 0.4) is 0 Å². The molecule has 3 aliphatic heterocycles. The molecule has 17 unspecified atom stereocenters. The molecule has 0 aromatic rings. The Labute approximate surface area is 359 Å². The van der Waals surface area contributed by atoms with E-state index in [1.807, 2.05) is 6.92 Å². The van der Waals surface area contributed by atoms with Gasteiger partial charge in [-0.1, -0.05) is 83.8 Å². The van der Waals surface area contributed by atoms with Gasteiger partial charge in [-0.3, -0.25) is 4.79 Å².